The molecule has 6 heteroatoms. The van der Waals surface area contributed by atoms with Crippen LogP contribution in [0.25, 0.3) is 11.3 Å². The lowest BCUT2D eigenvalue weighted by Crippen LogP contribution is -1.91. The molecule has 0 aromatic carbocycles. The fourth-order valence-corrected chi connectivity index (χ4v) is 2.79. The van der Waals surface area contributed by atoms with Crippen molar-refractivity contribution in [3.8, 4) is 11.3 Å². The summed E-state index contributed by atoms with van der Waals surface area (Å²) < 4.78 is 0.945. The van der Waals surface area contributed by atoms with Crippen molar-refractivity contribution in [3.63, 3.8) is 0 Å². The lowest BCUT2D eigenvalue weighted by molar-refractivity contribution is 1.20. The highest BCUT2D eigenvalue weighted by Gasteiger charge is 2.06. The molecular weight excluding hydrogens is 336 g/mol. The molecule has 4 nitrogen and oxygen atoms in total. The molecule has 0 atom stereocenters. The van der Waals surface area contributed by atoms with Gasteiger partial charge in [0.1, 0.15) is 0 Å². The second-order valence-electron chi connectivity index (χ2n) is 4.24. The molecule has 3 rings (SSSR count). The molecule has 0 aliphatic carbocycles. The highest BCUT2D eigenvalue weighted by atomic mass is 79.9. The minimum atomic E-state index is 0.839. The third kappa shape index (κ3) is 3.02. The molecule has 3 aromatic heterocycles. The van der Waals surface area contributed by atoms with Crippen molar-refractivity contribution < 1.29 is 0 Å². The Morgan fingerprint density at radius 2 is 2.10 bits per heavy atom. The maximum absolute atomic E-state index is 4.56. The van der Waals surface area contributed by atoms with Crippen LogP contribution in [0.15, 0.2) is 46.6 Å². The minimum absolute atomic E-state index is 0.839. The summed E-state index contributed by atoms with van der Waals surface area (Å²) in [6, 6.07) is 5.96. The molecule has 0 unspecified atom stereocenters. The van der Waals surface area contributed by atoms with Crippen molar-refractivity contribution in [2.24, 2.45) is 0 Å². The van der Waals surface area contributed by atoms with Crippen LogP contribution in [0.4, 0.5) is 10.8 Å². The van der Waals surface area contributed by atoms with Gasteiger partial charge in [-0.1, -0.05) is 0 Å². The zero-order valence-corrected chi connectivity index (χ0v) is 13.1. The molecule has 0 spiro atoms. The van der Waals surface area contributed by atoms with E-state index in [0.717, 1.165) is 32.2 Å². The highest BCUT2D eigenvalue weighted by molar-refractivity contribution is 9.10. The Morgan fingerprint density at radius 3 is 2.85 bits per heavy atom. The van der Waals surface area contributed by atoms with E-state index >= 15 is 0 Å². The molecule has 3 heterocycles. The van der Waals surface area contributed by atoms with Gasteiger partial charge in [-0.25, -0.2) is 4.98 Å². The number of hydrogen-bond donors (Lipinski definition) is 1. The van der Waals surface area contributed by atoms with Gasteiger partial charge in [0, 0.05) is 33.5 Å². The number of nitrogens with zero attached hydrogens (tertiary/aromatic N) is 3. The van der Waals surface area contributed by atoms with E-state index in [0.29, 0.717) is 0 Å². The number of pyridine rings is 2. The summed E-state index contributed by atoms with van der Waals surface area (Å²) in [5.74, 6) is 0. The molecule has 100 valence electrons. The SMILES string of the molecule is Cc1ccc(Nc2nc(-c3cncc(Br)c3)cs2)cn1. The van der Waals surface area contributed by atoms with Gasteiger partial charge in [-0.2, -0.15) is 0 Å². The van der Waals surface area contributed by atoms with Crippen molar-refractivity contribution in [2.75, 3.05) is 5.32 Å². The van der Waals surface area contributed by atoms with Crippen LogP contribution < -0.4 is 5.32 Å². The van der Waals surface area contributed by atoms with Gasteiger partial charge in [-0.05, 0) is 41.1 Å². The van der Waals surface area contributed by atoms with Crippen LogP contribution in [-0.4, -0.2) is 15.0 Å². The first-order chi connectivity index (χ1) is 9.70. The molecule has 0 fully saturated rings. The summed E-state index contributed by atoms with van der Waals surface area (Å²) in [6.07, 6.45) is 5.36. The Morgan fingerprint density at radius 1 is 1.20 bits per heavy atom. The van der Waals surface area contributed by atoms with Gasteiger partial charge in [0.25, 0.3) is 0 Å². The summed E-state index contributed by atoms with van der Waals surface area (Å²) in [5, 5.41) is 6.09. The second-order valence-corrected chi connectivity index (χ2v) is 6.02. The van der Waals surface area contributed by atoms with Crippen LogP contribution in [0.3, 0.4) is 0 Å². The van der Waals surface area contributed by atoms with Gasteiger partial charge in [-0.15, -0.1) is 11.3 Å². The van der Waals surface area contributed by atoms with E-state index < -0.39 is 0 Å². The first-order valence-electron chi connectivity index (χ1n) is 5.97. The van der Waals surface area contributed by atoms with Crippen LogP contribution in [0, 0.1) is 6.92 Å². The van der Waals surface area contributed by atoms with Crippen LogP contribution in [0.1, 0.15) is 5.69 Å². The lowest BCUT2D eigenvalue weighted by Gasteiger charge is -2.01. The molecular formula is C14H11BrN4S. The lowest BCUT2D eigenvalue weighted by atomic mass is 10.2. The molecule has 0 saturated carbocycles. The van der Waals surface area contributed by atoms with Gasteiger partial charge in [0.2, 0.25) is 0 Å². The maximum Gasteiger partial charge on any atom is 0.187 e. The first kappa shape index (κ1) is 13.2. The predicted octanol–water partition coefficient (Wildman–Crippen LogP) is 4.41. The number of halogens is 1. The fraction of sp³-hybridized carbons (Fsp3) is 0.0714. The molecule has 0 saturated heterocycles. The van der Waals surface area contributed by atoms with Crippen molar-refractivity contribution >= 4 is 38.1 Å². The molecule has 0 radical (unpaired) electrons. The highest BCUT2D eigenvalue weighted by Crippen LogP contribution is 2.27. The molecule has 1 N–H and O–H groups in total. The summed E-state index contributed by atoms with van der Waals surface area (Å²) in [6.45, 7) is 1.96. The number of rotatable bonds is 3. The Kier molecular flexibility index (Phi) is 3.75. The Hall–Kier alpha value is -1.79. The number of thiazole rings is 1. The largest absolute Gasteiger partial charge is 0.330 e. The number of aryl methyl sites for hydroxylation is 1. The standard InChI is InChI=1S/C14H11BrN4S/c1-9-2-3-12(7-17-9)18-14-19-13(8-20-14)10-4-11(15)6-16-5-10/h2-8H,1H3,(H,18,19). The third-order valence-corrected chi connectivity index (χ3v) is 3.86. The summed E-state index contributed by atoms with van der Waals surface area (Å²) in [4.78, 5) is 13.0. The van der Waals surface area contributed by atoms with Gasteiger partial charge in [0.15, 0.2) is 5.13 Å². The molecule has 0 aliphatic rings. The zero-order chi connectivity index (χ0) is 13.9. The fourth-order valence-electron chi connectivity index (χ4n) is 1.68. The normalized spacial score (nSPS) is 10.5. The average molecular weight is 347 g/mol. The summed E-state index contributed by atoms with van der Waals surface area (Å²) in [5.41, 5.74) is 3.83. The van der Waals surface area contributed by atoms with E-state index in [1.165, 1.54) is 0 Å². The molecule has 3 aromatic rings. The van der Waals surface area contributed by atoms with E-state index in [1.807, 2.05) is 30.5 Å². The quantitative estimate of drug-likeness (QED) is 0.762. The average Bonchev–Trinajstić information content (AvgIpc) is 2.90. The summed E-state index contributed by atoms with van der Waals surface area (Å²) in [7, 11) is 0. The van der Waals surface area contributed by atoms with Crippen LogP contribution >= 0.6 is 27.3 Å². The predicted molar refractivity (Wildman–Crippen MR) is 85.3 cm³/mol. The smallest absolute Gasteiger partial charge is 0.187 e. The van der Waals surface area contributed by atoms with Crippen molar-refractivity contribution in [2.45, 2.75) is 6.92 Å². The minimum Gasteiger partial charge on any atom is -0.330 e. The molecule has 0 amide bonds. The van der Waals surface area contributed by atoms with Crippen LogP contribution in [0.5, 0.6) is 0 Å². The zero-order valence-electron chi connectivity index (χ0n) is 10.7. The van der Waals surface area contributed by atoms with Crippen LogP contribution in [-0.2, 0) is 0 Å². The van der Waals surface area contributed by atoms with Gasteiger partial charge < -0.3 is 5.32 Å². The van der Waals surface area contributed by atoms with Gasteiger partial charge >= 0.3 is 0 Å². The Labute approximate surface area is 129 Å². The first-order valence-corrected chi connectivity index (χ1v) is 7.64. The van der Waals surface area contributed by atoms with Crippen molar-refractivity contribution in [3.05, 3.63) is 52.3 Å². The van der Waals surface area contributed by atoms with E-state index in [1.54, 1.807) is 29.9 Å². The van der Waals surface area contributed by atoms with E-state index in [-0.39, 0.29) is 0 Å². The monoisotopic (exact) mass is 346 g/mol. The molecule has 0 bridgehead atoms. The van der Waals surface area contributed by atoms with Crippen molar-refractivity contribution in [1.82, 2.24) is 15.0 Å². The molecule has 20 heavy (non-hydrogen) atoms. The topological polar surface area (TPSA) is 50.7 Å². The third-order valence-electron chi connectivity index (χ3n) is 2.67. The van der Waals surface area contributed by atoms with E-state index in [2.05, 4.69) is 36.2 Å². The van der Waals surface area contributed by atoms with Gasteiger partial charge in [-0.3, -0.25) is 9.97 Å². The summed E-state index contributed by atoms with van der Waals surface area (Å²) >= 11 is 4.97. The number of aromatic nitrogens is 3. The van der Waals surface area contributed by atoms with E-state index in [4.69, 9.17) is 0 Å². The molecule has 0 aliphatic heterocycles. The number of anilines is 2. The van der Waals surface area contributed by atoms with Gasteiger partial charge in [0.05, 0.1) is 17.6 Å². The Bertz CT molecular complexity index is 724. The number of nitrogens with one attached hydrogen (secondary N) is 1. The maximum atomic E-state index is 4.56. The Balaban J connectivity index is 1.82. The van der Waals surface area contributed by atoms with E-state index in [9.17, 15) is 0 Å². The number of hydrogen-bond acceptors (Lipinski definition) is 5. The van der Waals surface area contributed by atoms with Crippen molar-refractivity contribution in [1.29, 1.82) is 0 Å². The second kappa shape index (κ2) is 5.68. The van der Waals surface area contributed by atoms with Crippen LogP contribution in [0.2, 0.25) is 0 Å².